The van der Waals surface area contributed by atoms with Gasteiger partial charge in [0.1, 0.15) is 7.11 Å². The molecule has 1 aromatic rings. The maximum Gasteiger partial charge on any atom is 0.106 e. The summed E-state index contributed by atoms with van der Waals surface area (Å²) in [7, 11) is 1.50. The number of rotatable bonds is 2. The van der Waals surface area contributed by atoms with Gasteiger partial charge in [-0.15, -0.1) is 0 Å². The van der Waals surface area contributed by atoms with E-state index in [1.54, 1.807) is 12.1 Å². The molecule has 0 aliphatic carbocycles. The van der Waals surface area contributed by atoms with E-state index in [2.05, 4.69) is 16.1 Å². The van der Waals surface area contributed by atoms with Crippen LogP contribution in [0.2, 0.25) is 0 Å². The van der Waals surface area contributed by atoms with Gasteiger partial charge in [0.25, 0.3) is 0 Å². The molecule has 0 atom stereocenters. The summed E-state index contributed by atoms with van der Waals surface area (Å²) in [6.45, 7) is 1.83. The maximum atomic E-state index is 8.65. The van der Waals surface area contributed by atoms with Crippen LogP contribution in [0.15, 0.2) is 29.4 Å². The van der Waals surface area contributed by atoms with E-state index in [4.69, 9.17) is 5.26 Å². The summed E-state index contributed by atoms with van der Waals surface area (Å²) in [5, 5.41) is 12.4. The van der Waals surface area contributed by atoms with Crippen molar-refractivity contribution in [1.29, 1.82) is 5.26 Å². The highest BCUT2D eigenvalue weighted by Gasteiger charge is 1.98. The Morgan fingerprint density at radius 2 is 2.31 bits per heavy atom. The molecule has 0 aliphatic rings. The lowest BCUT2D eigenvalue weighted by Gasteiger charge is -1.99. The zero-order valence-corrected chi connectivity index (χ0v) is 7.61. The third-order valence-electron chi connectivity index (χ3n) is 1.64. The van der Waals surface area contributed by atoms with Crippen LogP contribution in [0.5, 0.6) is 0 Å². The van der Waals surface area contributed by atoms with E-state index < -0.39 is 0 Å². The zero-order chi connectivity index (χ0) is 9.68. The van der Waals surface area contributed by atoms with Crippen LogP contribution in [0.3, 0.4) is 0 Å². The fourth-order valence-electron chi connectivity index (χ4n) is 1.00. The largest absolute Gasteiger partial charge is 0.399 e. The molecule has 0 aliphatic heterocycles. The Hall–Kier alpha value is -1.82. The predicted octanol–water partition coefficient (Wildman–Crippen LogP) is 1.93. The zero-order valence-electron chi connectivity index (χ0n) is 7.61. The highest BCUT2D eigenvalue weighted by molar-refractivity contribution is 5.98. The molecule has 0 aromatic heterocycles. The van der Waals surface area contributed by atoms with Crippen molar-refractivity contribution in [2.75, 3.05) is 7.11 Å². The summed E-state index contributed by atoms with van der Waals surface area (Å²) < 4.78 is 0. The number of nitrogens with zero attached hydrogens (tertiary/aromatic N) is 2. The van der Waals surface area contributed by atoms with Crippen LogP contribution in [0.25, 0.3) is 0 Å². The molecule has 3 nitrogen and oxygen atoms in total. The van der Waals surface area contributed by atoms with E-state index in [1.165, 1.54) is 7.11 Å². The molecule has 0 spiro atoms. The summed E-state index contributed by atoms with van der Waals surface area (Å²) in [5.41, 5.74) is 2.30. The molecule has 0 fully saturated rings. The van der Waals surface area contributed by atoms with E-state index in [9.17, 15) is 0 Å². The first-order chi connectivity index (χ1) is 6.27. The SMILES string of the molecule is CO/N=C(\C)c1cccc(C#N)c1. The van der Waals surface area contributed by atoms with Crippen molar-refractivity contribution in [3.05, 3.63) is 35.4 Å². The summed E-state index contributed by atoms with van der Waals surface area (Å²) in [5.74, 6) is 0. The standard InChI is InChI=1S/C10H10N2O/c1-8(12-13-2)10-5-3-4-9(6-10)7-11/h3-6H,1-2H3/b12-8+. The van der Waals surface area contributed by atoms with Crippen LogP contribution < -0.4 is 0 Å². The van der Waals surface area contributed by atoms with Crippen LogP contribution >= 0.6 is 0 Å². The van der Waals surface area contributed by atoms with Gasteiger partial charge in [0, 0.05) is 5.56 Å². The van der Waals surface area contributed by atoms with Crippen LogP contribution in [-0.4, -0.2) is 12.8 Å². The second kappa shape index (κ2) is 4.27. The van der Waals surface area contributed by atoms with Crippen molar-refractivity contribution in [1.82, 2.24) is 0 Å². The number of benzene rings is 1. The predicted molar refractivity (Wildman–Crippen MR) is 50.4 cm³/mol. The summed E-state index contributed by atoms with van der Waals surface area (Å²) in [4.78, 5) is 4.64. The average Bonchev–Trinajstić information content (AvgIpc) is 2.18. The molecule has 0 amide bonds. The van der Waals surface area contributed by atoms with E-state index in [-0.39, 0.29) is 0 Å². The molecule has 0 saturated carbocycles. The molecule has 0 bridgehead atoms. The fourth-order valence-corrected chi connectivity index (χ4v) is 1.00. The minimum atomic E-state index is 0.628. The third-order valence-corrected chi connectivity index (χ3v) is 1.64. The fraction of sp³-hybridized carbons (Fsp3) is 0.200. The maximum absolute atomic E-state index is 8.65. The van der Waals surface area contributed by atoms with Crippen LogP contribution in [0, 0.1) is 11.3 Å². The van der Waals surface area contributed by atoms with E-state index in [1.807, 2.05) is 19.1 Å². The molecule has 0 radical (unpaired) electrons. The van der Waals surface area contributed by atoms with Gasteiger partial charge in [-0.2, -0.15) is 5.26 Å². The Kier molecular flexibility index (Phi) is 3.04. The van der Waals surface area contributed by atoms with E-state index >= 15 is 0 Å². The number of hydrogen-bond acceptors (Lipinski definition) is 3. The number of oxime groups is 1. The van der Waals surface area contributed by atoms with Gasteiger partial charge in [-0.3, -0.25) is 0 Å². The number of nitriles is 1. The first-order valence-electron chi connectivity index (χ1n) is 3.86. The van der Waals surface area contributed by atoms with Crippen molar-refractivity contribution < 1.29 is 4.84 Å². The molecule has 13 heavy (non-hydrogen) atoms. The van der Waals surface area contributed by atoms with Gasteiger partial charge in [-0.05, 0) is 19.1 Å². The van der Waals surface area contributed by atoms with E-state index in [0.717, 1.165) is 11.3 Å². The highest BCUT2D eigenvalue weighted by atomic mass is 16.6. The van der Waals surface area contributed by atoms with Gasteiger partial charge in [-0.1, -0.05) is 17.3 Å². The van der Waals surface area contributed by atoms with Gasteiger partial charge in [0.2, 0.25) is 0 Å². The molecule has 0 heterocycles. The first kappa shape index (κ1) is 9.27. The summed E-state index contributed by atoms with van der Waals surface area (Å²) in [6.07, 6.45) is 0. The summed E-state index contributed by atoms with van der Waals surface area (Å²) >= 11 is 0. The van der Waals surface area contributed by atoms with Crippen LogP contribution in [-0.2, 0) is 4.84 Å². The van der Waals surface area contributed by atoms with Gasteiger partial charge >= 0.3 is 0 Å². The van der Waals surface area contributed by atoms with Crippen LogP contribution in [0.1, 0.15) is 18.1 Å². The lowest BCUT2D eigenvalue weighted by Crippen LogP contribution is -1.95. The number of hydrogen-bond donors (Lipinski definition) is 0. The second-order valence-electron chi connectivity index (χ2n) is 2.55. The molecule has 66 valence electrons. The Labute approximate surface area is 77.2 Å². The minimum absolute atomic E-state index is 0.628. The molecule has 0 unspecified atom stereocenters. The van der Waals surface area contributed by atoms with Gasteiger partial charge < -0.3 is 4.84 Å². The van der Waals surface area contributed by atoms with Crippen molar-refractivity contribution in [3.63, 3.8) is 0 Å². The molecule has 1 aromatic carbocycles. The van der Waals surface area contributed by atoms with Crippen molar-refractivity contribution >= 4 is 5.71 Å². The molecule has 1 rings (SSSR count). The van der Waals surface area contributed by atoms with Gasteiger partial charge in [0.15, 0.2) is 0 Å². The third kappa shape index (κ3) is 2.31. The van der Waals surface area contributed by atoms with E-state index in [0.29, 0.717) is 5.56 Å². The molecule has 3 heteroatoms. The monoisotopic (exact) mass is 174 g/mol. The van der Waals surface area contributed by atoms with Gasteiger partial charge in [0.05, 0.1) is 17.3 Å². The summed E-state index contributed by atoms with van der Waals surface area (Å²) in [6, 6.07) is 9.31. The molecule has 0 N–H and O–H groups in total. The molecule has 0 saturated heterocycles. The molecular formula is C10H10N2O. The van der Waals surface area contributed by atoms with Crippen molar-refractivity contribution in [2.45, 2.75) is 6.92 Å². The lowest BCUT2D eigenvalue weighted by molar-refractivity contribution is 0.213. The lowest BCUT2D eigenvalue weighted by atomic mass is 10.1. The van der Waals surface area contributed by atoms with Crippen LogP contribution in [0.4, 0.5) is 0 Å². The normalized spacial score (nSPS) is 10.7. The Bertz CT molecular complexity index is 363. The Balaban J connectivity index is 3.03. The molecular weight excluding hydrogens is 164 g/mol. The van der Waals surface area contributed by atoms with Crippen molar-refractivity contribution in [3.8, 4) is 6.07 Å². The van der Waals surface area contributed by atoms with Crippen molar-refractivity contribution in [2.24, 2.45) is 5.16 Å². The Morgan fingerprint density at radius 3 is 2.92 bits per heavy atom. The quantitative estimate of drug-likeness (QED) is 0.508. The topological polar surface area (TPSA) is 45.4 Å². The first-order valence-corrected chi connectivity index (χ1v) is 3.86. The van der Waals surface area contributed by atoms with Gasteiger partial charge in [-0.25, -0.2) is 0 Å². The second-order valence-corrected chi connectivity index (χ2v) is 2.55. The smallest absolute Gasteiger partial charge is 0.106 e. The minimum Gasteiger partial charge on any atom is -0.399 e. The Morgan fingerprint density at radius 1 is 1.54 bits per heavy atom. The average molecular weight is 174 g/mol. The highest BCUT2D eigenvalue weighted by Crippen LogP contribution is 2.05.